The van der Waals surface area contributed by atoms with Crippen LogP contribution in [0.15, 0.2) is 29.2 Å². The molecule has 1 heterocycles. The molecule has 1 amide bonds. The monoisotopic (exact) mass is 352 g/mol. The van der Waals surface area contributed by atoms with Crippen LogP contribution in [0.3, 0.4) is 0 Å². The van der Waals surface area contributed by atoms with E-state index in [0.717, 1.165) is 44.3 Å². The van der Waals surface area contributed by atoms with Crippen molar-refractivity contribution in [1.82, 2.24) is 10.0 Å². The zero-order valence-corrected chi connectivity index (χ0v) is 14.5. The molecule has 1 aromatic carbocycles. The summed E-state index contributed by atoms with van der Waals surface area (Å²) >= 11 is 0. The van der Waals surface area contributed by atoms with Crippen molar-refractivity contribution < 1.29 is 17.9 Å². The van der Waals surface area contributed by atoms with Gasteiger partial charge in [0.25, 0.3) is 0 Å². The van der Waals surface area contributed by atoms with Gasteiger partial charge in [-0.25, -0.2) is 13.1 Å². The maximum absolute atomic E-state index is 12.1. The Balaban J connectivity index is 1.44. The summed E-state index contributed by atoms with van der Waals surface area (Å²) in [4.78, 5) is 12.1. The number of amides is 1. The highest BCUT2D eigenvalue weighted by Crippen LogP contribution is 2.22. The SMILES string of the molecule is O=C(CCC1CCCO1)NCc1ccc(S(=O)(=O)NC2CC2)cc1. The van der Waals surface area contributed by atoms with Crippen molar-refractivity contribution in [3.05, 3.63) is 29.8 Å². The fraction of sp³-hybridized carbons (Fsp3) is 0.588. The van der Waals surface area contributed by atoms with E-state index in [0.29, 0.717) is 13.0 Å². The third-order valence-electron chi connectivity index (χ3n) is 4.34. The quantitative estimate of drug-likeness (QED) is 0.746. The standard InChI is InChI=1S/C17H24N2O4S/c20-17(10-7-15-2-1-11-23-15)18-12-13-3-8-16(9-4-13)24(21,22)19-14-5-6-14/h3-4,8-9,14-15,19H,1-2,5-7,10-12H2,(H,18,20). The number of sulfonamides is 1. The van der Waals surface area contributed by atoms with E-state index in [1.165, 1.54) is 0 Å². The molecule has 24 heavy (non-hydrogen) atoms. The Bertz CT molecular complexity index is 662. The van der Waals surface area contributed by atoms with Crippen LogP contribution in [0.2, 0.25) is 0 Å². The average molecular weight is 352 g/mol. The lowest BCUT2D eigenvalue weighted by Gasteiger charge is -2.10. The largest absolute Gasteiger partial charge is 0.378 e. The summed E-state index contributed by atoms with van der Waals surface area (Å²) in [6.45, 7) is 1.21. The molecule has 1 aromatic rings. The first-order valence-electron chi connectivity index (χ1n) is 8.52. The highest BCUT2D eigenvalue weighted by atomic mass is 32.2. The van der Waals surface area contributed by atoms with Crippen molar-refractivity contribution >= 4 is 15.9 Å². The van der Waals surface area contributed by atoms with Gasteiger partial charge in [0.1, 0.15) is 0 Å². The number of carbonyl (C=O) groups is 1. The molecule has 1 unspecified atom stereocenters. The molecule has 0 aromatic heterocycles. The van der Waals surface area contributed by atoms with Gasteiger partial charge in [0.2, 0.25) is 15.9 Å². The van der Waals surface area contributed by atoms with Crippen molar-refractivity contribution in [2.75, 3.05) is 6.61 Å². The first-order valence-corrected chi connectivity index (χ1v) is 10.0. The van der Waals surface area contributed by atoms with Crippen LogP contribution < -0.4 is 10.0 Å². The summed E-state index contributed by atoms with van der Waals surface area (Å²) in [5.41, 5.74) is 0.880. The van der Waals surface area contributed by atoms with Gasteiger partial charge < -0.3 is 10.1 Å². The number of nitrogens with one attached hydrogen (secondary N) is 2. The smallest absolute Gasteiger partial charge is 0.240 e. The van der Waals surface area contributed by atoms with Crippen LogP contribution >= 0.6 is 0 Å². The first kappa shape index (κ1) is 17.4. The second-order valence-electron chi connectivity index (χ2n) is 6.49. The lowest BCUT2D eigenvalue weighted by Crippen LogP contribution is -2.26. The average Bonchev–Trinajstić information content (AvgIpc) is 3.21. The molecule has 6 nitrogen and oxygen atoms in total. The zero-order valence-electron chi connectivity index (χ0n) is 13.7. The third-order valence-corrected chi connectivity index (χ3v) is 5.88. The zero-order chi connectivity index (χ0) is 17.0. The highest BCUT2D eigenvalue weighted by Gasteiger charge is 2.27. The summed E-state index contributed by atoms with van der Waals surface area (Å²) in [5, 5.41) is 2.86. The molecule has 1 saturated carbocycles. The summed E-state index contributed by atoms with van der Waals surface area (Å²) in [6, 6.07) is 6.73. The number of benzene rings is 1. The number of rotatable bonds is 8. The highest BCUT2D eigenvalue weighted by molar-refractivity contribution is 7.89. The number of carbonyl (C=O) groups excluding carboxylic acids is 1. The Hall–Kier alpha value is -1.44. The lowest BCUT2D eigenvalue weighted by atomic mass is 10.1. The Labute approximate surface area is 143 Å². The lowest BCUT2D eigenvalue weighted by molar-refractivity contribution is -0.121. The van der Waals surface area contributed by atoms with E-state index >= 15 is 0 Å². The molecule has 0 radical (unpaired) electrons. The molecular formula is C17H24N2O4S. The van der Waals surface area contributed by atoms with Crippen molar-refractivity contribution in [2.45, 2.75) is 62.1 Å². The predicted molar refractivity (Wildman–Crippen MR) is 89.8 cm³/mol. The molecule has 2 N–H and O–H groups in total. The maximum Gasteiger partial charge on any atom is 0.240 e. The molecule has 1 aliphatic heterocycles. The summed E-state index contributed by atoms with van der Waals surface area (Å²) < 4.78 is 32.3. The van der Waals surface area contributed by atoms with E-state index in [1.807, 2.05) is 0 Å². The van der Waals surface area contributed by atoms with E-state index in [9.17, 15) is 13.2 Å². The van der Waals surface area contributed by atoms with Crippen molar-refractivity contribution in [2.24, 2.45) is 0 Å². The van der Waals surface area contributed by atoms with Gasteiger partial charge in [0, 0.05) is 25.6 Å². The van der Waals surface area contributed by atoms with Crippen molar-refractivity contribution in [3.8, 4) is 0 Å². The van der Waals surface area contributed by atoms with E-state index in [4.69, 9.17) is 4.74 Å². The van der Waals surface area contributed by atoms with Crippen LogP contribution in [0.1, 0.15) is 44.1 Å². The maximum atomic E-state index is 12.1. The first-order chi connectivity index (χ1) is 11.5. The van der Waals surface area contributed by atoms with E-state index in [1.54, 1.807) is 24.3 Å². The van der Waals surface area contributed by atoms with Gasteiger partial charge in [-0.3, -0.25) is 4.79 Å². The van der Waals surface area contributed by atoms with Crippen LogP contribution in [0.25, 0.3) is 0 Å². The molecule has 132 valence electrons. The van der Waals surface area contributed by atoms with Crippen LogP contribution in [-0.2, 0) is 26.1 Å². The van der Waals surface area contributed by atoms with Gasteiger partial charge >= 0.3 is 0 Å². The summed E-state index contributed by atoms with van der Waals surface area (Å²) in [7, 11) is -3.41. The molecule has 7 heteroatoms. The van der Waals surface area contributed by atoms with Crippen molar-refractivity contribution in [1.29, 1.82) is 0 Å². The molecule has 0 bridgehead atoms. The van der Waals surface area contributed by atoms with E-state index in [-0.39, 0.29) is 22.9 Å². The Morgan fingerprint density at radius 3 is 2.54 bits per heavy atom. The van der Waals surface area contributed by atoms with Gasteiger partial charge in [-0.05, 0) is 49.8 Å². The predicted octanol–water partition coefficient (Wildman–Crippen LogP) is 1.70. The Morgan fingerprint density at radius 1 is 1.17 bits per heavy atom. The van der Waals surface area contributed by atoms with Crippen LogP contribution in [-0.4, -0.2) is 33.1 Å². The van der Waals surface area contributed by atoms with E-state index in [2.05, 4.69) is 10.0 Å². The molecule has 2 fully saturated rings. The molecule has 1 aliphatic carbocycles. The second-order valence-corrected chi connectivity index (χ2v) is 8.20. The van der Waals surface area contributed by atoms with Gasteiger partial charge in [-0.1, -0.05) is 12.1 Å². The molecule has 1 saturated heterocycles. The van der Waals surface area contributed by atoms with Crippen LogP contribution in [0, 0.1) is 0 Å². The van der Waals surface area contributed by atoms with Crippen LogP contribution in [0.4, 0.5) is 0 Å². The molecular weight excluding hydrogens is 328 g/mol. The summed E-state index contributed by atoms with van der Waals surface area (Å²) in [5.74, 6) is -0.00222. The second kappa shape index (κ2) is 7.63. The topological polar surface area (TPSA) is 84.5 Å². The minimum atomic E-state index is -3.41. The fourth-order valence-corrected chi connectivity index (χ4v) is 4.03. The Morgan fingerprint density at radius 2 is 1.92 bits per heavy atom. The molecule has 3 rings (SSSR count). The van der Waals surface area contributed by atoms with E-state index < -0.39 is 10.0 Å². The fourth-order valence-electron chi connectivity index (χ4n) is 2.73. The van der Waals surface area contributed by atoms with Gasteiger partial charge in [0.15, 0.2) is 0 Å². The minimum Gasteiger partial charge on any atom is -0.378 e. The molecule has 0 spiro atoms. The van der Waals surface area contributed by atoms with Crippen LogP contribution in [0.5, 0.6) is 0 Å². The summed E-state index contributed by atoms with van der Waals surface area (Å²) in [6.07, 6.45) is 5.39. The number of hydrogen-bond donors (Lipinski definition) is 2. The number of ether oxygens (including phenoxy) is 1. The van der Waals surface area contributed by atoms with Gasteiger partial charge in [-0.2, -0.15) is 0 Å². The number of hydrogen-bond acceptors (Lipinski definition) is 4. The molecule has 2 aliphatic rings. The normalized spacial score (nSPS) is 20.9. The minimum absolute atomic E-state index is 0.00222. The molecule has 1 atom stereocenters. The van der Waals surface area contributed by atoms with Crippen molar-refractivity contribution in [3.63, 3.8) is 0 Å². The Kier molecular flexibility index (Phi) is 5.53. The van der Waals surface area contributed by atoms with Gasteiger partial charge in [-0.15, -0.1) is 0 Å². The third kappa shape index (κ3) is 5.03. The van der Waals surface area contributed by atoms with Gasteiger partial charge in [0.05, 0.1) is 11.0 Å².